The number of nitrogens with zero attached hydrogens (tertiary/aromatic N) is 2. The van der Waals surface area contributed by atoms with Crippen molar-refractivity contribution in [1.29, 1.82) is 0 Å². The first kappa shape index (κ1) is 17.2. The zero-order valence-corrected chi connectivity index (χ0v) is 14.9. The minimum atomic E-state index is -0.179. The molecule has 2 aromatic carbocycles. The van der Waals surface area contributed by atoms with Gasteiger partial charge in [-0.25, -0.2) is 0 Å². The molecule has 1 aliphatic rings. The van der Waals surface area contributed by atoms with Gasteiger partial charge in [-0.3, -0.25) is 4.79 Å². The predicted molar refractivity (Wildman–Crippen MR) is 102 cm³/mol. The molecule has 3 rings (SSSR count). The molecule has 1 amide bonds. The maximum atomic E-state index is 12.1. The van der Waals surface area contributed by atoms with Gasteiger partial charge in [0, 0.05) is 5.56 Å². The molecule has 5 nitrogen and oxygen atoms in total. The van der Waals surface area contributed by atoms with Gasteiger partial charge in [0.2, 0.25) is 5.91 Å². The average Bonchev–Trinajstić information content (AvgIpc) is 2.95. The van der Waals surface area contributed by atoms with Gasteiger partial charge < -0.3 is 10.1 Å². The number of amidine groups is 1. The van der Waals surface area contributed by atoms with Crippen LogP contribution in [0.5, 0.6) is 5.75 Å². The Bertz CT molecular complexity index is 833. The Labute approximate surface area is 151 Å². The standard InChI is InChI=1S/C19H19N3O2S/c1-13-6-5-7-14(10-13)11-17-18(23)21-19(25-17)22-20-12-15-8-3-4-9-16(15)24-2/h3-10,12,17H,11H2,1-2H3,(H,21,22,23)/b20-12-/t17-/m0/s1. The Hall–Kier alpha value is -2.60. The maximum absolute atomic E-state index is 12.1. The maximum Gasteiger partial charge on any atom is 0.239 e. The van der Waals surface area contributed by atoms with Crippen molar-refractivity contribution in [2.24, 2.45) is 10.2 Å². The van der Waals surface area contributed by atoms with Gasteiger partial charge in [0.25, 0.3) is 0 Å². The van der Waals surface area contributed by atoms with E-state index in [-0.39, 0.29) is 11.2 Å². The number of para-hydroxylation sites is 1. The fourth-order valence-electron chi connectivity index (χ4n) is 2.56. The van der Waals surface area contributed by atoms with Crippen molar-refractivity contribution >= 4 is 29.1 Å². The summed E-state index contributed by atoms with van der Waals surface area (Å²) >= 11 is 1.41. The smallest absolute Gasteiger partial charge is 0.239 e. The van der Waals surface area contributed by atoms with Crippen LogP contribution in [-0.4, -0.2) is 29.6 Å². The summed E-state index contributed by atoms with van der Waals surface area (Å²) in [6, 6.07) is 15.7. The molecule has 1 atom stereocenters. The number of methoxy groups -OCH3 is 1. The van der Waals surface area contributed by atoms with Gasteiger partial charge in [-0.15, -0.1) is 5.10 Å². The van der Waals surface area contributed by atoms with Crippen molar-refractivity contribution in [1.82, 2.24) is 5.32 Å². The SMILES string of the molecule is COc1ccccc1/C=N\N=C1\NC(=O)[C@H](Cc2cccc(C)c2)S1. The van der Waals surface area contributed by atoms with Crippen LogP contribution < -0.4 is 10.1 Å². The molecule has 1 saturated heterocycles. The topological polar surface area (TPSA) is 63.1 Å². The Balaban J connectivity index is 1.65. The van der Waals surface area contributed by atoms with Gasteiger partial charge >= 0.3 is 0 Å². The molecule has 1 heterocycles. The summed E-state index contributed by atoms with van der Waals surface area (Å²) in [6.45, 7) is 2.05. The fourth-order valence-corrected chi connectivity index (χ4v) is 3.52. The summed E-state index contributed by atoms with van der Waals surface area (Å²) < 4.78 is 5.26. The van der Waals surface area contributed by atoms with E-state index >= 15 is 0 Å². The fraction of sp³-hybridized carbons (Fsp3) is 0.211. The third-order valence-corrected chi connectivity index (χ3v) is 4.84. The Morgan fingerprint density at radius 1 is 1.24 bits per heavy atom. The van der Waals surface area contributed by atoms with Crippen molar-refractivity contribution in [3.8, 4) is 5.75 Å². The first-order chi connectivity index (χ1) is 12.2. The van der Waals surface area contributed by atoms with Gasteiger partial charge in [-0.2, -0.15) is 5.10 Å². The van der Waals surface area contributed by atoms with Gasteiger partial charge in [-0.1, -0.05) is 53.7 Å². The second kappa shape index (κ2) is 7.98. The van der Waals surface area contributed by atoms with Gasteiger partial charge in [-0.05, 0) is 31.0 Å². The molecule has 1 N–H and O–H groups in total. The van der Waals surface area contributed by atoms with Crippen LogP contribution in [0, 0.1) is 6.92 Å². The summed E-state index contributed by atoms with van der Waals surface area (Å²) in [5.41, 5.74) is 3.17. The molecule has 2 aromatic rings. The van der Waals surface area contributed by atoms with Crippen LogP contribution in [0.1, 0.15) is 16.7 Å². The van der Waals surface area contributed by atoms with E-state index < -0.39 is 0 Å². The molecule has 25 heavy (non-hydrogen) atoms. The van der Waals surface area contributed by atoms with Crippen LogP contribution >= 0.6 is 11.8 Å². The van der Waals surface area contributed by atoms with Gasteiger partial charge in [0.15, 0.2) is 5.17 Å². The molecule has 0 spiro atoms. The number of rotatable bonds is 5. The Morgan fingerprint density at radius 3 is 2.88 bits per heavy atom. The molecule has 0 aliphatic carbocycles. The number of nitrogens with one attached hydrogen (secondary N) is 1. The van der Waals surface area contributed by atoms with E-state index in [2.05, 4.69) is 21.6 Å². The van der Waals surface area contributed by atoms with Crippen LogP contribution in [0.4, 0.5) is 0 Å². The van der Waals surface area contributed by atoms with E-state index in [4.69, 9.17) is 4.74 Å². The zero-order chi connectivity index (χ0) is 17.6. The first-order valence-electron chi connectivity index (χ1n) is 7.93. The van der Waals surface area contributed by atoms with E-state index in [1.54, 1.807) is 13.3 Å². The third-order valence-electron chi connectivity index (χ3n) is 3.76. The number of carbonyl (C=O) groups excluding carboxylic acids is 1. The Morgan fingerprint density at radius 2 is 2.08 bits per heavy atom. The molecule has 1 aliphatic heterocycles. The number of benzene rings is 2. The van der Waals surface area contributed by atoms with Crippen molar-refractivity contribution in [2.75, 3.05) is 7.11 Å². The molecule has 128 valence electrons. The van der Waals surface area contributed by atoms with E-state index in [1.165, 1.54) is 17.3 Å². The highest BCUT2D eigenvalue weighted by Gasteiger charge is 2.30. The monoisotopic (exact) mass is 353 g/mol. The lowest BCUT2D eigenvalue weighted by Crippen LogP contribution is -2.25. The van der Waals surface area contributed by atoms with Crippen molar-refractivity contribution < 1.29 is 9.53 Å². The largest absolute Gasteiger partial charge is 0.496 e. The molecule has 1 fully saturated rings. The summed E-state index contributed by atoms with van der Waals surface area (Å²) in [6.07, 6.45) is 2.29. The number of hydrogen-bond acceptors (Lipinski definition) is 5. The quantitative estimate of drug-likeness (QED) is 0.663. The second-order valence-corrected chi connectivity index (χ2v) is 6.87. The number of amides is 1. The van der Waals surface area contributed by atoms with E-state index in [0.29, 0.717) is 11.6 Å². The van der Waals surface area contributed by atoms with Crippen LogP contribution in [0.15, 0.2) is 58.7 Å². The molecule has 0 unspecified atom stereocenters. The Kier molecular flexibility index (Phi) is 5.50. The van der Waals surface area contributed by atoms with Crippen molar-refractivity contribution in [2.45, 2.75) is 18.6 Å². The normalized spacial score (nSPS) is 18.7. The number of ether oxygens (including phenoxy) is 1. The third kappa shape index (κ3) is 4.48. The molecule has 6 heteroatoms. The van der Waals surface area contributed by atoms with E-state index in [9.17, 15) is 4.79 Å². The molecular formula is C19H19N3O2S. The van der Waals surface area contributed by atoms with Crippen LogP contribution in [0.2, 0.25) is 0 Å². The van der Waals surface area contributed by atoms with Crippen LogP contribution in [0.25, 0.3) is 0 Å². The van der Waals surface area contributed by atoms with E-state index in [0.717, 1.165) is 16.9 Å². The molecule has 0 radical (unpaired) electrons. The van der Waals surface area contributed by atoms with Crippen molar-refractivity contribution in [3.63, 3.8) is 0 Å². The first-order valence-corrected chi connectivity index (χ1v) is 8.81. The summed E-state index contributed by atoms with van der Waals surface area (Å²) in [5, 5.41) is 11.3. The van der Waals surface area contributed by atoms with E-state index in [1.807, 2.05) is 49.4 Å². The average molecular weight is 353 g/mol. The highest BCUT2D eigenvalue weighted by Crippen LogP contribution is 2.24. The number of thioether (sulfide) groups is 1. The summed E-state index contributed by atoms with van der Waals surface area (Å²) in [4.78, 5) is 12.1. The van der Waals surface area contributed by atoms with Gasteiger partial charge in [0.1, 0.15) is 5.75 Å². The minimum Gasteiger partial charge on any atom is -0.496 e. The van der Waals surface area contributed by atoms with Crippen LogP contribution in [-0.2, 0) is 11.2 Å². The summed E-state index contributed by atoms with van der Waals surface area (Å²) in [7, 11) is 1.61. The minimum absolute atomic E-state index is 0.0299. The molecule has 0 bridgehead atoms. The number of hydrogen-bond donors (Lipinski definition) is 1. The zero-order valence-electron chi connectivity index (χ0n) is 14.1. The lowest BCUT2D eigenvalue weighted by molar-refractivity contribution is -0.118. The highest BCUT2D eigenvalue weighted by molar-refractivity contribution is 8.15. The van der Waals surface area contributed by atoms with Gasteiger partial charge in [0.05, 0.1) is 18.6 Å². The summed E-state index contributed by atoms with van der Waals surface area (Å²) in [5.74, 6) is 0.699. The lowest BCUT2D eigenvalue weighted by atomic mass is 10.1. The van der Waals surface area contributed by atoms with Crippen molar-refractivity contribution in [3.05, 3.63) is 65.2 Å². The molecule has 0 saturated carbocycles. The number of carbonyl (C=O) groups is 1. The number of aryl methyl sites for hydroxylation is 1. The van der Waals surface area contributed by atoms with Crippen LogP contribution in [0.3, 0.4) is 0 Å². The molecule has 0 aromatic heterocycles. The second-order valence-electron chi connectivity index (χ2n) is 5.68. The predicted octanol–water partition coefficient (Wildman–Crippen LogP) is 3.17. The highest BCUT2D eigenvalue weighted by atomic mass is 32.2. The molecular weight excluding hydrogens is 334 g/mol. The lowest BCUT2D eigenvalue weighted by Gasteiger charge is -2.05.